The average molecular weight is 349 g/mol. The number of nitrogens with zero attached hydrogens (tertiary/aromatic N) is 4. The minimum Gasteiger partial charge on any atom is -0.496 e. The third-order valence-electron chi connectivity index (χ3n) is 3.33. The second-order valence-corrected chi connectivity index (χ2v) is 7.14. The molecule has 1 aromatic carbocycles. The second-order valence-electron chi connectivity index (χ2n) is 5.83. The van der Waals surface area contributed by atoms with Gasteiger partial charge in [0, 0.05) is 18.7 Å². The van der Waals surface area contributed by atoms with Crippen LogP contribution in [0.4, 0.5) is 0 Å². The molecule has 130 valence electrons. The molecule has 0 bridgehead atoms. The van der Waals surface area contributed by atoms with Crippen LogP contribution in [0, 0.1) is 5.92 Å². The Morgan fingerprint density at radius 3 is 2.79 bits per heavy atom. The fraction of sp³-hybridized carbons (Fsp3) is 0.500. The number of ether oxygens (including phenoxy) is 1. The van der Waals surface area contributed by atoms with Crippen molar-refractivity contribution >= 4 is 17.7 Å². The number of carbonyl (C=O) groups is 1. The maximum absolute atomic E-state index is 12.3. The van der Waals surface area contributed by atoms with Crippen LogP contribution >= 0.6 is 11.8 Å². The summed E-state index contributed by atoms with van der Waals surface area (Å²) in [4.78, 5) is 12.3. The van der Waals surface area contributed by atoms with Gasteiger partial charge < -0.3 is 10.1 Å². The average Bonchev–Trinajstić information content (AvgIpc) is 2.98. The summed E-state index contributed by atoms with van der Waals surface area (Å²) < 4.78 is 7.03. The van der Waals surface area contributed by atoms with Crippen molar-refractivity contribution in [2.75, 3.05) is 7.11 Å². The number of para-hydroxylation sites is 1. The zero-order valence-corrected chi connectivity index (χ0v) is 15.2. The molecule has 0 aliphatic heterocycles. The first-order valence-corrected chi connectivity index (χ1v) is 8.71. The molecular formula is C16H23N5O2S. The Balaban J connectivity index is 1.92. The lowest BCUT2D eigenvalue weighted by Crippen LogP contribution is -2.30. The van der Waals surface area contributed by atoms with Crippen LogP contribution in [0.5, 0.6) is 5.75 Å². The van der Waals surface area contributed by atoms with Gasteiger partial charge in [-0.1, -0.05) is 43.8 Å². The molecule has 8 heteroatoms. The van der Waals surface area contributed by atoms with Crippen LogP contribution in [0.3, 0.4) is 0 Å². The number of thioether (sulfide) groups is 1. The van der Waals surface area contributed by atoms with Crippen LogP contribution in [0.2, 0.25) is 0 Å². The minimum absolute atomic E-state index is 0.0648. The summed E-state index contributed by atoms with van der Waals surface area (Å²) >= 11 is 1.36. The summed E-state index contributed by atoms with van der Waals surface area (Å²) in [5, 5.41) is 15.0. The fourth-order valence-electron chi connectivity index (χ4n) is 2.13. The quantitative estimate of drug-likeness (QED) is 0.735. The Morgan fingerprint density at radius 2 is 2.08 bits per heavy atom. The number of tetrazole rings is 1. The first kappa shape index (κ1) is 18.3. The number of aromatic nitrogens is 4. The molecule has 2 rings (SSSR count). The number of amides is 1. The van der Waals surface area contributed by atoms with Crippen LogP contribution in [0.25, 0.3) is 0 Å². The summed E-state index contributed by atoms with van der Waals surface area (Å²) in [6, 6.07) is 7.62. The summed E-state index contributed by atoms with van der Waals surface area (Å²) in [6.07, 6.45) is 0. The van der Waals surface area contributed by atoms with Gasteiger partial charge in [0.1, 0.15) is 5.75 Å². The van der Waals surface area contributed by atoms with E-state index < -0.39 is 0 Å². The highest BCUT2D eigenvalue weighted by Crippen LogP contribution is 2.21. The van der Waals surface area contributed by atoms with Gasteiger partial charge >= 0.3 is 0 Å². The molecule has 2 aromatic rings. The Labute approximate surface area is 146 Å². The summed E-state index contributed by atoms with van der Waals surface area (Å²) in [5.41, 5.74) is 0.940. The molecule has 0 radical (unpaired) electrons. The minimum atomic E-state index is -0.295. The van der Waals surface area contributed by atoms with E-state index in [4.69, 9.17) is 4.74 Å². The highest BCUT2D eigenvalue weighted by atomic mass is 32.2. The number of hydrogen-bond acceptors (Lipinski definition) is 6. The highest BCUT2D eigenvalue weighted by molar-refractivity contribution is 8.00. The molecule has 1 atom stereocenters. The van der Waals surface area contributed by atoms with Gasteiger partial charge in [-0.2, -0.15) is 0 Å². The van der Waals surface area contributed by atoms with E-state index in [1.54, 1.807) is 11.8 Å². The van der Waals surface area contributed by atoms with E-state index in [1.807, 2.05) is 31.2 Å². The van der Waals surface area contributed by atoms with Crippen molar-refractivity contribution in [2.24, 2.45) is 5.92 Å². The normalized spacial score (nSPS) is 12.2. The summed E-state index contributed by atoms with van der Waals surface area (Å²) in [7, 11) is 1.62. The van der Waals surface area contributed by atoms with E-state index in [1.165, 1.54) is 11.8 Å². The SMILES string of the molecule is COc1ccccc1CNC(=O)[C@H](C)Sc1nnnn1CC(C)C. The van der Waals surface area contributed by atoms with Gasteiger partial charge in [0.05, 0.1) is 12.4 Å². The molecule has 0 unspecified atom stereocenters. The third-order valence-corrected chi connectivity index (χ3v) is 4.40. The standard InChI is InChI=1S/C16H23N5O2S/c1-11(2)10-21-16(18-19-20-21)24-12(3)15(22)17-9-13-7-5-6-8-14(13)23-4/h5-8,11-12H,9-10H2,1-4H3,(H,17,22)/t12-/m0/s1. The highest BCUT2D eigenvalue weighted by Gasteiger charge is 2.19. The van der Waals surface area contributed by atoms with Crippen molar-refractivity contribution in [2.45, 2.75) is 44.3 Å². The van der Waals surface area contributed by atoms with Gasteiger partial charge in [-0.05, 0) is 29.3 Å². The van der Waals surface area contributed by atoms with E-state index >= 15 is 0 Å². The fourth-order valence-corrected chi connectivity index (χ4v) is 2.95. The van der Waals surface area contributed by atoms with Gasteiger partial charge in [-0.15, -0.1) is 5.10 Å². The van der Waals surface area contributed by atoms with Crippen molar-refractivity contribution in [3.05, 3.63) is 29.8 Å². The van der Waals surface area contributed by atoms with Crippen LogP contribution in [-0.4, -0.2) is 38.5 Å². The molecule has 0 spiro atoms. The Bertz CT molecular complexity index is 674. The first-order valence-electron chi connectivity index (χ1n) is 7.83. The van der Waals surface area contributed by atoms with Gasteiger partial charge in [0.25, 0.3) is 0 Å². The van der Waals surface area contributed by atoms with E-state index in [0.29, 0.717) is 17.6 Å². The molecular weight excluding hydrogens is 326 g/mol. The zero-order chi connectivity index (χ0) is 17.5. The second kappa shape index (κ2) is 8.68. The number of benzene rings is 1. The van der Waals surface area contributed by atoms with Crippen molar-refractivity contribution in [3.8, 4) is 5.75 Å². The van der Waals surface area contributed by atoms with Crippen molar-refractivity contribution in [3.63, 3.8) is 0 Å². The molecule has 1 amide bonds. The van der Waals surface area contributed by atoms with Gasteiger partial charge in [-0.3, -0.25) is 4.79 Å². The maximum Gasteiger partial charge on any atom is 0.233 e. The third kappa shape index (κ3) is 4.95. The smallest absolute Gasteiger partial charge is 0.233 e. The molecule has 0 saturated heterocycles. The molecule has 1 aromatic heterocycles. The van der Waals surface area contributed by atoms with Gasteiger partial charge in [-0.25, -0.2) is 4.68 Å². The first-order chi connectivity index (χ1) is 11.5. The van der Waals surface area contributed by atoms with Crippen LogP contribution in [0.1, 0.15) is 26.3 Å². The number of nitrogens with one attached hydrogen (secondary N) is 1. The summed E-state index contributed by atoms with van der Waals surface area (Å²) in [5.74, 6) is 1.13. The Hall–Kier alpha value is -2.09. The van der Waals surface area contributed by atoms with Gasteiger partial charge in [0.15, 0.2) is 0 Å². The summed E-state index contributed by atoms with van der Waals surface area (Å²) in [6.45, 7) is 7.19. The predicted molar refractivity (Wildman–Crippen MR) is 92.8 cm³/mol. The van der Waals surface area contributed by atoms with Gasteiger partial charge in [0.2, 0.25) is 11.1 Å². The van der Waals surface area contributed by atoms with Crippen LogP contribution in [0.15, 0.2) is 29.4 Å². The van der Waals surface area contributed by atoms with Crippen molar-refractivity contribution < 1.29 is 9.53 Å². The van der Waals surface area contributed by atoms with E-state index in [2.05, 4.69) is 34.7 Å². The Kier molecular flexibility index (Phi) is 6.60. The van der Waals surface area contributed by atoms with Crippen molar-refractivity contribution in [1.82, 2.24) is 25.5 Å². The zero-order valence-electron chi connectivity index (χ0n) is 14.4. The lowest BCUT2D eigenvalue weighted by Gasteiger charge is -2.13. The van der Waals surface area contributed by atoms with Crippen LogP contribution in [-0.2, 0) is 17.9 Å². The van der Waals surface area contributed by atoms with E-state index in [9.17, 15) is 4.79 Å². The molecule has 0 saturated carbocycles. The molecule has 1 heterocycles. The lowest BCUT2D eigenvalue weighted by molar-refractivity contribution is -0.120. The van der Waals surface area contributed by atoms with E-state index in [0.717, 1.165) is 17.9 Å². The molecule has 0 fully saturated rings. The molecule has 24 heavy (non-hydrogen) atoms. The predicted octanol–water partition coefficient (Wildman–Crippen LogP) is 2.13. The number of methoxy groups -OCH3 is 1. The molecule has 1 N–H and O–H groups in total. The number of hydrogen-bond donors (Lipinski definition) is 1. The monoisotopic (exact) mass is 349 g/mol. The number of rotatable bonds is 8. The molecule has 0 aliphatic rings. The number of carbonyl (C=O) groups excluding carboxylic acids is 1. The largest absolute Gasteiger partial charge is 0.496 e. The maximum atomic E-state index is 12.3. The lowest BCUT2D eigenvalue weighted by atomic mass is 10.2. The van der Waals surface area contributed by atoms with Crippen LogP contribution < -0.4 is 10.1 Å². The van der Waals surface area contributed by atoms with E-state index in [-0.39, 0.29) is 11.2 Å². The molecule has 0 aliphatic carbocycles. The Morgan fingerprint density at radius 1 is 1.33 bits per heavy atom. The van der Waals surface area contributed by atoms with Crippen molar-refractivity contribution in [1.29, 1.82) is 0 Å². The topological polar surface area (TPSA) is 81.9 Å². The molecule has 7 nitrogen and oxygen atoms in total.